The molecule has 3 rings (SSSR count). The molecule has 1 saturated heterocycles. The number of guanidine groups is 1. The Kier molecular flexibility index (Phi) is 9.50. The van der Waals surface area contributed by atoms with Gasteiger partial charge in [-0.05, 0) is 55.7 Å². The second kappa shape index (κ2) is 12.8. The van der Waals surface area contributed by atoms with Gasteiger partial charge in [0.05, 0.1) is 26.9 Å². The average Bonchev–Trinajstić information content (AvgIpc) is 3.34. The number of methoxy groups -OCH3 is 1. The van der Waals surface area contributed by atoms with Crippen LogP contribution in [0.2, 0.25) is 0 Å². The zero-order chi connectivity index (χ0) is 22.6. The lowest BCUT2D eigenvalue weighted by Gasteiger charge is -2.17. The largest absolute Gasteiger partial charge is 0.497 e. The number of nitrogens with zero attached hydrogens (tertiary/aromatic N) is 1. The number of aryl methyl sites for hydroxylation is 1. The van der Waals surface area contributed by atoms with Crippen LogP contribution in [0, 0.1) is 12.8 Å². The smallest absolute Gasteiger partial charge is 0.191 e. The van der Waals surface area contributed by atoms with E-state index in [-0.39, 0.29) is 0 Å². The third-order valence-electron chi connectivity index (χ3n) is 5.33. The Balaban J connectivity index is 1.39. The van der Waals surface area contributed by atoms with Gasteiger partial charge in [0, 0.05) is 38.2 Å². The molecule has 2 N–H and O–H groups in total. The second-order valence-corrected chi connectivity index (χ2v) is 7.88. The van der Waals surface area contributed by atoms with E-state index in [0.717, 1.165) is 61.4 Å². The highest BCUT2D eigenvalue weighted by Crippen LogP contribution is 2.22. The first kappa shape index (κ1) is 23.7. The van der Waals surface area contributed by atoms with Crippen LogP contribution in [0.3, 0.4) is 0 Å². The predicted octanol–water partition coefficient (Wildman–Crippen LogP) is 3.55. The molecule has 32 heavy (non-hydrogen) atoms. The van der Waals surface area contributed by atoms with Crippen LogP contribution in [0.15, 0.2) is 47.5 Å². The van der Waals surface area contributed by atoms with Crippen molar-refractivity contribution in [2.75, 3.05) is 47.1 Å². The Hall–Kier alpha value is -2.93. The molecule has 1 atom stereocenters. The average molecular weight is 442 g/mol. The zero-order valence-corrected chi connectivity index (χ0v) is 19.4. The number of benzene rings is 2. The number of nitrogens with one attached hydrogen (secondary N) is 2. The molecule has 1 unspecified atom stereocenters. The van der Waals surface area contributed by atoms with Crippen molar-refractivity contribution < 1.29 is 18.9 Å². The summed E-state index contributed by atoms with van der Waals surface area (Å²) in [5.74, 6) is 3.82. The first-order valence-corrected chi connectivity index (χ1v) is 11.2. The molecular formula is C25H35N3O4. The van der Waals surface area contributed by atoms with Crippen molar-refractivity contribution in [1.82, 2.24) is 10.6 Å². The maximum absolute atomic E-state index is 6.13. The van der Waals surface area contributed by atoms with E-state index in [9.17, 15) is 0 Å². The van der Waals surface area contributed by atoms with Crippen LogP contribution in [0.1, 0.15) is 24.0 Å². The normalized spacial score (nSPS) is 16.0. The van der Waals surface area contributed by atoms with Gasteiger partial charge in [-0.3, -0.25) is 4.99 Å². The van der Waals surface area contributed by atoms with E-state index in [4.69, 9.17) is 18.9 Å². The summed E-state index contributed by atoms with van der Waals surface area (Å²) in [5, 5.41) is 6.71. The van der Waals surface area contributed by atoms with Crippen molar-refractivity contribution in [1.29, 1.82) is 0 Å². The van der Waals surface area contributed by atoms with Gasteiger partial charge in [0.1, 0.15) is 17.2 Å². The molecular weight excluding hydrogens is 406 g/mol. The van der Waals surface area contributed by atoms with E-state index in [0.29, 0.717) is 25.7 Å². The van der Waals surface area contributed by atoms with E-state index in [2.05, 4.69) is 40.7 Å². The molecule has 7 nitrogen and oxygen atoms in total. The first-order chi connectivity index (χ1) is 15.7. The molecule has 174 valence electrons. The van der Waals surface area contributed by atoms with Crippen LogP contribution in [0.25, 0.3) is 0 Å². The quantitative estimate of drug-likeness (QED) is 0.316. The minimum atomic E-state index is 0.478. The Bertz CT molecular complexity index is 849. The predicted molar refractivity (Wildman–Crippen MR) is 127 cm³/mol. The Morgan fingerprint density at radius 3 is 2.62 bits per heavy atom. The molecule has 0 amide bonds. The van der Waals surface area contributed by atoms with Crippen LogP contribution in [0.4, 0.5) is 0 Å². The summed E-state index contributed by atoms with van der Waals surface area (Å²) in [6, 6.07) is 13.9. The lowest BCUT2D eigenvalue weighted by Crippen LogP contribution is -2.37. The van der Waals surface area contributed by atoms with Gasteiger partial charge < -0.3 is 29.6 Å². The van der Waals surface area contributed by atoms with Crippen LogP contribution in [-0.2, 0) is 11.3 Å². The summed E-state index contributed by atoms with van der Waals surface area (Å²) < 4.78 is 22.5. The molecule has 0 saturated carbocycles. The fourth-order valence-corrected chi connectivity index (χ4v) is 3.41. The Labute approximate surface area is 191 Å². The van der Waals surface area contributed by atoms with Gasteiger partial charge in [-0.25, -0.2) is 0 Å². The van der Waals surface area contributed by atoms with Crippen molar-refractivity contribution >= 4 is 5.96 Å². The molecule has 0 aliphatic carbocycles. The summed E-state index contributed by atoms with van der Waals surface area (Å²) in [5.41, 5.74) is 2.30. The van der Waals surface area contributed by atoms with E-state index in [1.165, 1.54) is 5.56 Å². The fourth-order valence-electron chi connectivity index (χ4n) is 3.41. The minimum Gasteiger partial charge on any atom is -0.497 e. The van der Waals surface area contributed by atoms with Gasteiger partial charge in [-0.1, -0.05) is 12.1 Å². The van der Waals surface area contributed by atoms with Gasteiger partial charge in [0.2, 0.25) is 0 Å². The topological polar surface area (TPSA) is 73.3 Å². The molecule has 7 heteroatoms. The van der Waals surface area contributed by atoms with Crippen LogP contribution < -0.4 is 24.8 Å². The van der Waals surface area contributed by atoms with Crippen LogP contribution in [0.5, 0.6) is 17.2 Å². The molecule has 2 aromatic carbocycles. The Morgan fingerprint density at radius 1 is 1.09 bits per heavy atom. The maximum atomic E-state index is 6.13. The highest BCUT2D eigenvalue weighted by Gasteiger charge is 2.17. The van der Waals surface area contributed by atoms with Crippen LogP contribution in [-0.4, -0.2) is 53.1 Å². The first-order valence-electron chi connectivity index (χ1n) is 11.2. The molecule has 0 spiro atoms. The fraction of sp³-hybridized carbons (Fsp3) is 0.480. The molecule has 0 aromatic heterocycles. The molecule has 1 fully saturated rings. The highest BCUT2D eigenvalue weighted by molar-refractivity contribution is 5.79. The van der Waals surface area contributed by atoms with E-state index in [1.807, 2.05) is 24.3 Å². The lowest BCUT2D eigenvalue weighted by molar-refractivity contribution is 0.166. The molecule has 0 bridgehead atoms. The number of hydrogen-bond acceptors (Lipinski definition) is 5. The standard InChI is InChI=1S/C25H35N3O4/c1-19-5-6-21(24(15-19)32-18-20-11-14-30-17-20)16-28-25(26-2)27-12-4-13-31-23-9-7-22(29-3)8-10-23/h5-10,15,20H,4,11-14,16-18H2,1-3H3,(H2,26,27,28). The minimum absolute atomic E-state index is 0.478. The lowest BCUT2D eigenvalue weighted by atomic mass is 10.1. The molecule has 1 heterocycles. The Morgan fingerprint density at radius 2 is 1.91 bits per heavy atom. The molecule has 0 radical (unpaired) electrons. The molecule has 1 aliphatic heterocycles. The number of ether oxygens (including phenoxy) is 4. The SMILES string of the molecule is CN=C(NCCCOc1ccc(OC)cc1)NCc1ccc(C)cc1OCC1CCOC1. The van der Waals surface area contributed by atoms with Gasteiger partial charge >= 0.3 is 0 Å². The number of hydrogen-bond donors (Lipinski definition) is 2. The van der Waals surface area contributed by atoms with Gasteiger partial charge in [-0.2, -0.15) is 0 Å². The van der Waals surface area contributed by atoms with E-state index >= 15 is 0 Å². The second-order valence-electron chi connectivity index (χ2n) is 7.88. The summed E-state index contributed by atoms with van der Waals surface area (Å²) in [6.07, 6.45) is 1.92. The van der Waals surface area contributed by atoms with Crippen LogP contribution >= 0.6 is 0 Å². The summed E-state index contributed by atoms with van der Waals surface area (Å²) in [4.78, 5) is 4.32. The van der Waals surface area contributed by atoms with E-state index < -0.39 is 0 Å². The van der Waals surface area contributed by atoms with E-state index in [1.54, 1.807) is 14.2 Å². The zero-order valence-electron chi connectivity index (χ0n) is 19.4. The summed E-state index contributed by atoms with van der Waals surface area (Å²) in [6.45, 7) is 6.42. The van der Waals surface area contributed by atoms with Crippen molar-refractivity contribution in [3.05, 3.63) is 53.6 Å². The number of aliphatic imine (C=N–C) groups is 1. The van der Waals surface area contributed by atoms with Crippen molar-refractivity contribution in [2.45, 2.75) is 26.3 Å². The van der Waals surface area contributed by atoms with Crippen molar-refractivity contribution in [3.8, 4) is 17.2 Å². The summed E-state index contributed by atoms with van der Waals surface area (Å²) in [7, 11) is 3.43. The maximum Gasteiger partial charge on any atom is 0.191 e. The van der Waals surface area contributed by atoms with Gasteiger partial charge in [0.25, 0.3) is 0 Å². The monoisotopic (exact) mass is 441 g/mol. The number of rotatable bonds is 11. The molecule has 2 aromatic rings. The van der Waals surface area contributed by atoms with Crippen molar-refractivity contribution in [3.63, 3.8) is 0 Å². The molecule has 1 aliphatic rings. The van der Waals surface area contributed by atoms with Gasteiger partial charge in [-0.15, -0.1) is 0 Å². The van der Waals surface area contributed by atoms with Crippen molar-refractivity contribution in [2.24, 2.45) is 10.9 Å². The summed E-state index contributed by atoms with van der Waals surface area (Å²) >= 11 is 0. The van der Waals surface area contributed by atoms with Gasteiger partial charge in [0.15, 0.2) is 5.96 Å². The highest BCUT2D eigenvalue weighted by atomic mass is 16.5. The third-order valence-corrected chi connectivity index (χ3v) is 5.33. The third kappa shape index (κ3) is 7.64.